The van der Waals surface area contributed by atoms with Gasteiger partial charge in [0, 0.05) is 30.3 Å². The summed E-state index contributed by atoms with van der Waals surface area (Å²) in [4.78, 5) is 29.9. The largest absolute Gasteiger partial charge is 0.389 e. The van der Waals surface area contributed by atoms with Crippen LogP contribution in [-0.4, -0.2) is 45.8 Å². The fourth-order valence-corrected chi connectivity index (χ4v) is 4.56. The molecule has 7 nitrogen and oxygen atoms in total. The first-order chi connectivity index (χ1) is 13.5. The third kappa shape index (κ3) is 3.33. The third-order valence-corrected chi connectivity index (χ3v) is 6.05. The average Bonchev–Trinajstić information content (AvgIpc) is 3.17. The normalized spacial score (nSPS) is 23.2. The molecule has 2 aromatic heterocycles. The highest BCUT2D eigenvalue weighted by atomic mass is 16.5. The maximum atomic E-state index is 13.2. The van der Waals surface area contributed by atoms with Gasteiger partial charge >= 0.3 is 0 Å². The Morgan fingerprint density at radius 3 is 2.75 bits per heavy atom. The van der Waals surface area contributed by atoms with Gasteiger partial charge in [-0.15, -0.1) is 0 Å². The van der Waals surface area contributed by atoms with Gasteiger partial charge in [0.2, 0.25) is 0 Å². The minimum absolute atomic E-state index is 0.109. The predicted octanol–water partition coefficient (Wildman–Crippen LogP) is 2.58. The van der Waals surface area contributed by atoms with Gasteiger partial charge in [-0.2, -0.15) is 0 Å². The van der Waals surface area contributed by atoms with Crippen molar-refractivity contribution in [3.8, 4) is 0 Å². The average molecular weight is 385 g/mol. The monoisotopic (exact) mass is 385 g/mol. The van der Waals surface area contributed by atoms with Gasteiger partial charge in [-0.1, -0.05) is 12.8 Å². The molecule has 2 N–H and O–H groups in total. The molecule has 0 unspecified atom stereocenters. The molecule has 2 aromatic rings. The van der Waals surface area contributed by atoms with Crippen molar-refractivity contribution in [1.29, 1.82) is 0 Å². The second-order valence-corrected chi connectivity index (χ2v) is 7.94. The standard InChI is InChI=1S/C21H27N3O4/c1-12-15-10-22-19(23-16-7-8-28-11-18(16)26)9-17(15)24(14-5-3-4-6-14)21(27)20(12)13(2)25/h9-10,14,16,18,26H,3-8,11H2,1-2H3,(H,22,23)/t16-,18-/m1/s1. The van der Waals surface area contributed by atoms with Crippen LogP contribution in [0.4, 0.5) is 5.82 Å². The number of aliphatic hydroxyl groups is 1. The number of rotatable bonds is 4. The van der Waals surface area contributed by atoms with E-state index in [-0.39, 0.29) is 29.0 Å². The summed E-state index contributed by atoms with van der Waals surface area (Å²) in [6.07, 6.45) is 5.90. The highest BCUT2D eigenvalue weighted by Gasteiger charge is 2.27. The van der Waals surface area contributed by atoms with Crippen LogP contribution in [0.15, 0.2) is 17.1 Å². The molecule has 2 fully saturated rings. The summed E-state index contributed by atoms with van der Waals surface area (Å²) in [6, 6.07) is 1.86. The first-order valence-corrected chi connectivity index (χ1v) is 10.1. The van der Waals surface area contributed by atoms with Crippen LogP contribution in [0.25, 0.3) is 10.9 Å². The number of Topliss-reactive ketones (excluding diaryl/α,β-unsaturated/α-hetero) is 1. The predicted molar refractivity (Wildman–Crippen MR) is 107 cm³/mol. The zero-order chi connectivity index (χ0) is 19.8. The maximum absolute atomic E-state index is 13.2. The van der Waals surface area contributed by atoms with Crippen molar-refractivity contribution in [2.75, 3.05) is 18.5 Å². The number of hydrogen-bond donors (Lipinski definition) is 2. The highest BCUT2D eigenvalue weighted by Crippen LogP contribution is 2.33. The lowest BCUT2D eigenvalue weighted by atomic mass is 10.0. The lowest BCUT2D eigenvalue weighted by Crippen LogP contribution is -2.42. The van der Waals surface area contributed by atoms with E-state index in [2.05, 4.69) is 10.3 Å². The van der Waals surface area contributed by atoms with Crippen molar-refractivity contribution in [2.45, 2.75) is 64.1 Å². The van der Waals surface area contributed by atoms with Gasteiger partial charge in [0.1, 0.15) is 5.82 Å². The Hall–Kier alpha value is -2.25. The van der Waals surface area contributed by atoms with Crippen LogP contribution in [0.5, 0.6) is 0 Å². The van der Waals surface area contributed by atoms with Crippen molar-refractivity contribution in [3.05, 3.63) is 33.7 Å². The molecule has 2 atom stereocenters. The van der Waals surface area contributed by atoms with Crippen LogP contribution in [0.2, 0.25) is 0 Å². The number of carbonyl (C=O) groups is 1. The van der Waals surface area contributed by atoms with Gasteiger partial charge in [-0.05, 0) is 38.7 Å². The first-order valence-electron chi connectivity index (χ1n) is 10.1. The van der Waals surface area contributed by atoms with E-state index in [1.165, 1.54) is 6.92 Å². The first kappa shape index (κ1) is 19.1. The zero-order valence-corrected chi connectivity index (χ0v) is 16.4. The van der Waals surface area contributed by atoms with Crippen LogP contribution < -0.4 is 10.9 Å². The van der Waals surface area contributed by atoms with Crippen LogP contribution >= 0.6 is 0 Å². The topological polar surface area (TPSA) is 93.4 Å². The number of nitrogens with one attached hydrogen (secondary N) is 1. The Kier molecular flexibility index (Phi) is 5.21. The number of nitrogens with zero attached hydrogens (tertiary/aromatic N) is 2. The molecule has 3 heterocycles. The molecule has 2 aliphatic rings. The fourth-order valence-electron chi connectivity index (χ4n) is 4.56. The van der Waals surface area contributed by atoms with Gasteiger partial charge < -0.3 is 19.7 Å². The van der Waals surface area contributed by atoms with E-state index < -0.39 is 6.10 Å². The highest BCUT2D eigenvalue weighted by molar-refractivity contribution is 6.00. The summed E-state index contributed by atoms with van der Waals surface area (Å²) in [6.45, 7) is 4.16. The smallest absolute Gasteiger partial charge is 0.262 e. The number of ether oxygens (including phenoxy) is 1. The number of hydrogen-bond acceptors (Lipinski definition) is 6. The number of aromatic nitrogens is 2. The van der Waals surface area contributed by atoms with Crippen molar-refractivity contribution in [3.63, 3.8) is 0 Å². The molecule has 0 radical (unpaired) electrons. The van der Waals surface area contributed by atoms with Crippen LogP contribution in [0.3, 0.4) is 0 Å². The van der Waals surface area contributed by atoms with E-state index >= 15 is 0 Å². The SMILES string of the molecule is CC(=O)c1c(C)c2cnc(N[C@@H]3CCOC[C@H]3O)cc2n(C2CCCC2)c1=O. The Bertz CT molecular complexity index is 962. The third-order valence-electron chi connectivity index (χ3n) is 6.05. The number of ketones is 1. The Labute approximate surface area is 163 Å². The molecule has 1 aliphatic heterocycles. The molecule has 1 aliphatic carbocycles. The van der Waals surface area contributed by atoms with E-state index in [1.54, 1.807) is 10.8 Å². The van der Waals surface area contributed by atoms with Crippen LogP contribution in [-0.2, 0) is 4.74 Å². The van der Waals surface area contributed by atoms with Crippen molar-refractivity contribution >= 4 is 22.5 Å². The maximum Gasteiger partial charge on any atom is 0.262 e. The molecule has 7 heteroatoms. The summed E-state index contributed by atoms with van der Waals surface area (Å²) in [7, 11) is 0. The lowest BCUT2D eigenvalue weighted by Gasteiger charge is -2.29. The Morgan fingerprint density at radius 1 is 1.32 bits per heavy atom. The van der Waals surface area contributed by atoms with Gasteiger partial charge in [-0.25, -0.2) is 4.98 Å². The van der Waals surface area contributed by atoms with Crippen molar-refractivity contribution in [1.82, 2.24) is 9.55 Å². The molecule has 0 spiro atoms. The van der Waals surface area contributed by atoms with E-state index in [1.807, 2.05) is 13.0 Å². The van der Waals surface area contributed by atoms with Crippen LogP contribution in [0, 0.1) is 6.92 Å². The van der Waals surface area contributed by atoms with Crippen molar-refractivity contribution < 1.29 is 14.6 Å². The van der Waals surface area contributed by atoms with Crippen molar-refractivity contribution in [2.24, 2.45) is 0 Å². The summed E-state index contributed by atoms with van der Waals surface area (Å²) in [5, 5.41) is 14.3. The minimum Gasteiger partial charge on any atom is -0.389 e. The molecule has 150 valence electrons. The minimum atomic E-state index is -0.593. The van der Waals surface area contributed by atoms with Gasteiger partial charge in [0.05, 0.1) is 29.8 Å². The van der Waals surface area contributed by atoms with Gasteiger partial charge in [-0.3, -0.25) is 9.59 Å². The van der Waals surface area contributed by atoms with E-state index in [9.17, 15) is 14.7 Å². The zero-order valence-electron chi connectivity index (χ0n) is 16.4. The number of aryl methyl sites for hydroxylation is 1. The second-order valence-electron chi connectivity index (χ2n) is 7.94. The molecular weight excluding hydrogens is 358 g/mol. The number of fused-ring (bicyclic) bond motifs is 1. The summed E-state index contributed by atoms with van der Waals surface area (Å²) in [5.74, 6) is 0.420. The summed E-state index contributed by atoms with van der Waals surface area (Å²) < 4.78 is 7.09. The molecule has 0 amide bonds. The second kappa shape index (κ2) is 7.64. The quantitative estimate of drug-likeness (QED) is 0.786. The summed E-state index contributed by atoms with van der Waals surface area (Å²) in [5.41, 5.74) is 1.56. The Morgan fingerprint density at radius 2 is 2.07 bits per heavy atom. The molecule has 4 rings (SSSR count). The number of aliphatic hydroxyl groups excluding tert-OH is 1. The summed E-state index contributed by atoms with van der Waals surface area (Å²) >= 11 is 0. The van der Waals surface area contributed by atoms with Gasteiger partial charge in [0.25, 0.3) is 5.56 Å². The van der Waals surface area contributed by atoms with E-state index in [4.69, 9.17) is 4.74 Å². The molecule has 0 aromatic carbocycles. The molecule has 1 saturated carbocycles. The molecule has 0 bridgehead atoms. The molecule has 28 heavy (non-hydrogen) atoms. The van der Waals surface area contributed by atoms with Crippen LogP contribution in [0.1, 0.15) is 61.0 Å². The van der Waals surface area contributed by atoms with E-state index in [0.717, 1.165) is 36.6 Å². The van der Waals surface area contributed by atoms with Gasteiger partial charge in [0.15, 0.2) is 5.78 Å². The van der Waals surface area contributed by atoms with E-state index in [0.29, 0.717) is 31.0 Å². The fraction of sp³-hybridized carbons (Fsp3) is 0.571. The number of anilines is 1. The number of carbonyl (C=O) groups excluding carboxylic acids is 1. The molecular formula is C21H27N3O4. The number of pyridine rings is 2. The Balaban J connectivity index is 1.84. The molecule has 1 saturated heterocycles. The lowest BCUT2D eigenvalue weighted by molar-refractivity contribution is -0.0135.